The van der Waals surface area contributed by atoms with Crippen molar-refractivity contribution >= 4 is 22.2 Å². The SMILES string of the molecule is CCC(O)(c1cn(Cc2ccc3c(-c4csc(C)n4)cc(C#N)nc3c2)nn1)C(F)(F)F. The van der Waals surface area contributed by atoms with Gasteiger partial charge in [0.1, 0.15) is 17.5 Å². The van der Waals surface area contributed by atoms with Crippen molar-refractivity contribution < 1.29 is 18.3 Å². The van der Waals surface area contributed by atoms with E-state index in [0.717, 1.165) is 27.8 Å². The van der Waals surface area contributed by atoms with Crippen molar-refractivity contribution in [3.05, 3.63) is 57.8 Å². The van der Waals surface area contributed by atoms with Gasteiger partial charge in [-0.15, -0.1) is 16.4 Å². The molecular weight excluding hydrogens is 441 g/mol. The Kier molecular flexibility index (Phi) is 5.44. The number of hydrogen-bond acceptors (Lipinski definition) is 7. The average Bonchev–Trinajstić information content (AvgIpc) is 3.40. The molecule has 0 radical (unpaired) electrons. The molecule has 1 atom stereocenters. The molecule has 3 aromatic heterocycles. The summed E-state index contributed by atoms with van der Waals surface area (Å²) in [7, 11) is 0. The Morgan fingerprint density at radius 2 is 2.00 bits per heavy atom. The summed E-state index contributed by atoms with van der Waals surface area (Å²) < 4.78 is 41.1. The van der Waals surface area contributed by atoms with E-state index in [9.17, 15) is 23.5 Å². The second kappa shape index (κ2) is 7.96. The van der Waals surface area contributed by atoms with Gasteiger partial charge in [-0.2, -0.15) is 18.4 Å². The third-order valence-electron chi connectivity index (χ3n) is 5.17. The number of aromatic nitrogens is 5. The van der Waals surface area contributed by atoms with E-state index in [1.807, 2.05) is 24.4 Å². The van der Waals surface area contributed by atoms with E-state index < -0.39 is 23.9 Å². The number of pyridine rings is 1. The van der Waals surface area contributed by atoms with Crippen LogP contribution in [0, 0.1) is 18.3 Å². The molecule has 0 aliphatic heterocycles. The third-order valence-corrected chi connectivity index (χ3v) is 5.94. The zero-order chi connectivity index (χ0) is 23.1. The van der Waals surface area contributed by atoms with Gasteiger partial charge in [0.15, 0.2) is 0 Å². The summed E-state index contributed by atoms with van der Waals surface area (Å²) in [6.07, 6.45) is -4.36. The number of nitrogens with zero attached hydrogens (tertiary/aromatic N) is 6. The average molecular weight is 458 g/mol. The fourth-order valence-electron chi connectivity index (χ4n) is 3.41. The Labute approximate surface area is 184 Å². The summed E-state index contributed by atoms with van der Waals surface area (Å²) in [5.74, 6) is 0. The van der Waals surface area contributed by atoms with Gasteiger partial charge < -0.3 is 5.11 Å². The van der Waals surface area contributed by atoms with Gasteiger partial charge in [-0.1, -0.05) is 24.3 Å². The molecule has 0 saturated heterocycles. The van der Waals surface area contributed by atoms with E-state index in [4.69, 9.17) is 0 Å². The fourth-order valence-corrected chi connectivity index (χ4v) is 4.02. The van der Waals surface area contributed by atoms with Crippen LogP contribution in [-0.2, 0) is 12.1 Å². The molecule has 1 unspecified atom stereocenters. The van der Waals surface area contributed by atoms with Crippen molar-refractivity contribution in [2.24, 2.45) is 0 Å². The Balaban J connectivity index is 1.70. The van der Waals surface area contributed by atoms with Crippen LogP contribution < -0.4 is 0 Å². The van der Waals surface area contributed by atoms with Gasteiger partial charge in [0, 0.05) is 16.3 Å². The topological polar surface area (TPSA) is 101 Å². The highest BCUT2D eigenvalue weighted by Gasteiger charge is 2.55. The predicted octanol–water partition coefficient (Wildman–Crippen LogP) is 4.34. The highest BCUT2D eigenvalue weighted by molar-refractivity contribution is 7.09. The lowest BCUT2D eigenvalue weighted by Crippen LogP contribution is -2.42. The number of halogens is 3. The predicted molar refractivity (Wildman–Crippen MR) is 112 cm³/mol. The van der Waals surface area contributed by atoms with Gasteiger partial charge in [-0.05, 0) is 31.0 Å². The summed E-state index contributed by atoms with van der Waals surface area (Å²) in [6.45, 7) is 3.24. The minimum absolute atomic E-state index is 0.115. The van der Waals surface area contributed by atoms with Crippen molar-refractivity contribution in [2.75, 3.05) is 0 Å². The number of nitriles is 1. The second-order valence-electron chi connectivity index (χ2n) is 7.28. The van der Waals surface area contributed by atoms with Crippen LogP contribution in [0.5, 0.6) is 0 Å². The van der Waals surface area contributed by atoms with Gasteiger partial charge >= 0.3 is 6.18 Å². The van der Waals surface area contributed by atoms with E-state index in [2.05, 4.69) is 20.3 Å². The Bertz CT molecular complexity index is 1340. The zero-order valence-corrected chi connectivity index (χ0v) is 17.9. The number of thiazole rings is 1. The van der Waals surface area contributed by atoms with Gasteiger partial charge in [-0.3, -0.25) is 0 Å². The highest BCUT2D eigenvalue weighted by atomic mass is 32.1. The van der Waals surface area contributed by atoms with Crippen LogP contribution in [0.15, 0.2) is 35.8 Å². The molecule has 1 N–H and O–H groups in total. The summed E-state index contributed by atoms with van der Waals surface area (Å²) >= 11 is 1.50. The van der Waals surface area contributed by atoms with Gasteiger partial charge in [-0.25, -0.2) is 14.6 Å². The van der Waals surface area contributed by atoms with E-state index in [1.165, 1.54) is 22.9 Å². The molecule has 1 aromatic carbocycles. The summed E-state index contributed by atoms with van der Waals surface area (Å²) in [4.78, 5) is 8.85. The number of rotatable bonds is 5. The maximum absolute atomic E-state index is 13.3. The van der Waals surface area contributed by atoms with E-state index in [1.54, 1.807) is 18.2 Å². The largest absolute Gasteiger partial charge is 0.423 e. The monoisotopic (exact) mass is 458 g/mol. The normalized spacial score (nSPS) is 13.8. The molecule has 4 rings (SSSR count). The van der Waals surface area contributed by atoms with Crippen molar-refractivity contribution in [3.63, 3.8) is 0 Å². The molecule has 0 aliphatic carbocycles. The summed E-state index contributed by atoms with van der Waals surface area (Å²) in [5.41, 5.74) is -0.596. The molecule has 164 valence electrons. The van der Waals surface area contributed by atoms with Crippen LogP contribution in [0.1, 0.15) is 35.3 Å². The first-order valence-electron chi connectivity index (χ1n) is 9.60. The first kappa shape index (κ1) is 21.9. The Morgan fingerprint density at radius 1 is 1.22 bits per heavy atom. The summed E-state index contributed by atoms with van der Waals surface area (Å²) in [5, 5.41) is 30.3. The number of fused-ring (bicyclic) bond motifs is 1. The maximum atomic E-state index is 13.3. The Hall–Kier alpha value is -3.36. The number of aryl methyl sites for hydroxylation is 1. The van der Waals surface area contributed by atoms with E-state index in [-0.39, 0.29) is 12.2 Å². The standard InChI is InChI=1S/C21H17F3N6OS/c1-3-20(31,21(22,23)24)19-10-30(29-28-19)9-13-4-5-15-16(18-11-32-12(2)26-18)7-14(8-25)27-17(15)6-13/h4-7,10-11,31H,3,9H2,1-2H3. The molecule has 0 aliphatic rings. The molecule has 0 fully saturated rings. The lowest BCUT2D eigenvalue weighted by atomic mass is 9.96. The van der Waals surface area contributed by atoms with Crippen LogP contribution in [0.2, 0.25) is 0 Å². The first-order chi connectivity index (χ1) is 15.1. The van der Waals surface area contributed by atoms with Crippen LogP contribution in [0.3, 0.4) is 0 Å². The molecule has 11 heteroatoms. The third kappa shape index (κ3) is 3.83. The van der Waals surface area contributed by atoms with E-state index >= 15 is 0 Å². The summed E-state index contributed by atoms with van der Waals surface area (Å²) in [6, 6.07) is 9.11. The minimum atomic E-state index is -4.87. The van der Waals surface area contributed by atoms with Crippen molar-refractivity contribution in [2.45, 2.75) is 38.6 Å². The minimum Gasteiger partial charge on any atom is -0.375 e. The molecule has 0 bridgehead atoms. The molecule has 0 amide bonds. The molecule has 4 aromatic rings. The van der Waals surface area contributed by atoms with Gasteiger partial charge in [0.25, 0.3) is 0 Å². The van der Waals surface area contributed by atoms with Crippen molar-refractivity contribution in [1.29, 1.82) is 5.26 Å². The second-order valence-corrected chi connectivity index (χ2v) is 8.35. The lowest BCUT2D eigenvalue weighted by molar-refractivity contribution is -0.269. The molecule has 0 saturated carbocycles. The van der Waals surface area contributed by atoms with Crippen LogP contribution in [0.4, 0.5) is 13.2 Å². The maximum Gasteiger partial charge on any atom is 0.423 e. The van der Waals surface area contributed by atoms with E-state index in [0.29, 0.717) is 11.1 Å². The number of benzene rings is 1. The van der Waals surface area contributed by atoms with Crippen LogP contribution in [-0.4, -0.2) is 36.2 Å². The molecule has 0 spiro atoms. The number of hydrogen-bond donors (Lipinski definition) is 1. The molecular formula is C21H17F3N6OS. The van der Waals surface area contributed by atoms with Crippen molar-refractivity contribution in [3.8, 4) is 17.3 Å². The first-order valence-corrected chi connectivity index (χ1v) is 10.5. The molecule has 7 nitrogen and oxygen atoms in total. The smallest absolute Gasteiger partial charge is 0.375 e. The molecule has 32 heavy (non-hydrogen) atoms. The van der Waals surface area contributed by atoms with Crippen molar-refractivity contribution in [1.82, 2.24) is 25.0 Å². The number of aliphatic hydroxyl groups is 1. The zero-order valence-electron chi connectivity index (χ0n) is 17.1. The van der Waals surface area contributed by atoms with Gasteiger partial charge in [0.2, 0.25) is 5.60 Å². The number of alkyl halides is 3. The fraction of sp³-hybridized carbons (Fsp3) is 0.286. The highest BCUT2D eigenvalue weighted by Crippen LogP contribution is 2.40. The quantitative estimate of drug-likeness (QED) is 0.478. The Morgan fingerprint density at radius 3 is 2.62 bits per heavy atom. The van der Waals surface area contributed by atoms with Gasteiger partial charge in [0.05, 0.1) is 29.0 Å². The lowest BCUT2D eigenvalue weighted by Gasteiger charge is -2.26. The van der Waals surface area contributed by atoms with Crippen LogP contribution in [0.25, 0.3) is 22.2 Å². The van der Waals surface area contributed by atoms with Crippen LogP contribution >= 0.6 is 11.3 Å². The molecule has 3 heterocycles.